The zero-order valence-electron chi connectivity index (χ0n) is 20.7. The zero-order valence-corrected chi connectivity index (χ0v) is 21.5. The Morgan fingerprint density at radius 1 is 1.18 bits per heavy atom. The van der Waals surface area contributed by atoms with Crippen LogP contribution in [-0.4, -0.2) is 56.4 Å². The summed E-state index contributed by atoms with van der Waals surface area (Å²) in [5, 5.41) is 18.1. The summed E-state index contributed by atoms with van der Waals surface area (Å²) in [5.41, 5.74) is -4.10. The number of nitrogens with zero attached hydrogens (tertiary/aromatic N) is 6. The fraction of sp³-hybridized carbons (Fsp3) is 0.333. The second kappa shape index (κ2) is 10.2. The van der Waals surface area contributed by atoms with Crippen LogP contribution in [-0.2, 0) is 11.0 Å². The lowest BCUT2D eigenvalue weighted by Gasteiger charge is -2.29. The maximum absolute atomic E-state index is 15.4. The minimum Gasteiger partial charge on any atom is -0.475 e. The second-order valence-electron chi connectivity index (χ2n) is 8.66. The number of aliphatic hydroxyl groups is 1. The van der Waals surface area contributed by atoms with Crippen LogP contribution in [0.15, 0.2) is 24.4 Å². The van der Waals surface area contributed by atoms with Crippen LogP contribution in [0.25, 0.3) is 10.9 Å². The Labute approximate surface area is 224 Å². The summed E-state index contributed by atoms with van der Waals surface area (Å²) < 4.78 is 66.8. The van der Waals surface area contributed by atoms with Crippen molar-refractivity contribution in [2.75, 3.05) is 29.6 Å². The normalized spacial score (nSPS) is 15.2. The Morgan fingerprint density at radius 3 is 2.51 bits per heavy atom. The van der Waals surface area contributed by atoms with Crippen molar-refractivity contribution in [1.82, 2.24) is 15.0 Å². The highest BCUT2D eigenvalue weighted by molar-refractivity contribution is 7.81. The zero-order chi connectivity index (χ0) is 28.7. The summed E-state index contributed by atoms with van der Waals surface area (Å²) in [6.45, 7) is 4.27. The van der Waals surface area contributed by atoms with Crippen LogP contribution in [0.1, 0.15) is 32.0 Å². The van der Waals surface area contributed by atoms with Gasteiger partial charge in [0.25, 0.3) is 5.91 Å². The van der Waals surface area contributed by atoms with Crippen LogP contribution in [0, 0.1) is 17.1 Å². The van der Waals surface area contributed by atoms with Gasteiger partial charge in [-0.1, -0.05) is 0 Å². The summed E-state index contributed by atoms with van der Waals surface area (Å²) >= 11 is 5.49. The summed E-state index contributed by atoms with van der Waals surface area (Å²) in [6, 6.07) is 4.30. The SMILES string of the molecule is CCOc1nc(OCCO)c2cc(N3C(=S)N(c4cnc(C#N)c(C(F)(F)F)c4)C(=O)C3(C)C)cc(F)c2n1. The van der Waals surface area contributed by atoms with Gasteiger partial charge in [-0.05, 0) is 51.2 Å². The molecule has 1 fully saturated rings. The van der Waals surface area contributed by atoms with Gasteiger partial charge in [0, 0.05) is 5.69 Å². The Balaban J connectivity index is 1.86. The number of nitriles is 1. The molecule has 0 aliphatic carbocycles. The van der Waals surface area contributed by atoms with E-state index < -0.39 is 34.7 Å². The van der Waals surface area contributed by atoms with E-state index in [-0.39, 0.29) is 59.1 Å². The fourth-order valence-corrected chi connectivity index (χ4v) is 4.56. The largest absolute Gasteiger partial charge is 0.475 e. The van der Waals surface area contributed by atoms with E-state index in [4.69, 9.17) is 27.0 Å². The molecule has 1 aromatic carbocycles. The third-order valence-electron chi connectivity index (χ3n) is 5.76. The molecule has 0 atom stereocenters. The minimum atomic E-state index is -4.92. The third kappa shape index (κ3) is 4.88. The molecule has 0 bridgehead atoms. The number of hydrogen-bond acceptors (Lipinski definition) is 9. The highest BCUT2D eigenvalue weighted by Crippen LogP contribution is 2.41. The molecule has 0 unspecified atom stereocenters. The summed E-state index contributed by atoms with van der Waals surface area (Å²) in [6.07, 6.45) is -3.98. The first-order chi connectivity index (χ1) is 18.3. The van der Waals surface area contributed by atoms with E-state index in [1.807, 2.05) is 0 Å². The summed E-state index contributed by atoms with van der Waals surface area (Å²) in [5.74, 6) is -1.66. The first kappa shape index (κ1) is 27.9. The molecule has 15 heteroatoms. The molecule has 4 rings (SSSR count). The molecule has 0 spiro atoms. The van der Waals surface area contributed by atoms with Gasteiger partial charge in [0.15, 0.2) is 16.6 Å². The van der Waals surface area contributed by atoms with E-state index in [1.54, 1.807) is 6.92 Å². The van der Waals surface area contributed by atoms with Gasteiger partial charge >= 0.3 is 12.2 Å². The van der Waals surface area contributed by atoms with Gasteiger partial charge in [0.1, 0.15) is 23.7 Å². The number of ether oxygens (including phenoxy) is 2. The Kier molecular flexibility index (Phi) is 7.28. The Morgan fingerprint density at radius 2 is 1.90 bits per heavy atom. The van der Waals surface area contributed by atoms with Gasteiger partial charge in [-0.25, -0.2) is 9.37 Å². The van der Waals surface area contributed by atoms with Crippen molar-refractivity contribution < 1.29 is 36.9 Å². The van der Waals surface area contributed by atoms with E-state index in [2.05, 4.69) is 15.0 Å². The van der Waals surface area contributed by atoms with Gasteiger partial charge in [-0.3, -0.25) is 9.69 Å². The van der Waals surface area contributed by atoms with Crippen molar-refractivity contribution in [3.05, 3.63) is 41.5 Å². The van der Waals surface area contributed by atoms with Crippen LogP contribution in [0.5, 0.6) is 11.9 Å². The predicted octanol–water partition coefficient (Wildman–Crippen LogP) is 3.74. The number of rotatable bonds is 7. The highest BCUT2D eigenvalue weighted by atomic mass is 32.1. The predicted molar refractivity (Wildman–Crippen MR) is 134 cm³/mol. The minimum absolute atomic E-state index is 0.0603. The van der Waals surface area contributed by atoms with Gasteiger partial charge in [-0.15, -0.1) is 0 Å². The number of aliphatic hydroxyl groups excluding tert-OH is 1. The third-order valence-corrected chi connectivity index (χ3v) is 6.12. The highest BCUT2D eigenvalue weighted by Gasteiger charge is 2.51. The van der Waals surface area contributed by atoms with Crippen LogP contribution in [0.3, 0.4) is 0 Å². The maximum Gasteiger partial charge on any atom is 0.419 e. The molecule has 0 saturated carbocycles. The molecule has 1 amide bonds. The molecule has 1 N–H and O–H groups in total. The van der Waals surface area contributed by atoms with Crippen molar-refractivity contribution in [2.24, 2.45) is 0 Å². The number of aromatic nitrogens is 3. The molecule has 1 saturated heterocycles. The number of pyridine rings is 1. The quantitative estimate of drug-likeness (QED) is 0.335. The van der Waals surface area contributed by atoms with Crippen LogP contribution < -0.4 is 19.3 Å². The molecule has 1 aliphatic heterocycles. The maximum atomic E-state index is 15.4. The topological polar surface area (TPSA) is 125 Å². The first-order valence-electron chi connectivity index (χ1n) is 11.4. The number of carbonyl (C=O) groups excluding carboxylic acids is 1. The van der Waals surface area contributed by atoms with E-state index in [1.165, 1.54) is 30.9 Å². The van der Waals surface area contributed by atoms with Gasteiger partial charge in [0.2, 0.25) is 5.88 Å². The number of hydrogen-bond donors (Lipinski definition) is 1. The number of carbonyl (C=O) groups is 1. The summed E-state index contributed by atoms with van der Waals surface area (Å²) in [4.78, 5) is 27.3. The number of alkyl halides is 3. The number of halogens is 4. The molecule has 3 aromatic rings. The fourth-order valence-electron chi connectivity index (χ4n) is 4.04. The van der Waals surface area contributed by atoms with Crippen molar-refractivity contribution in [3.8, 4) is 18.0 Å². The van der Waals surface area contributed by atoms with Crippen molar-refractivity contribution in [2.45, 2.75) is 32.5 Å². The average molecular weight is 565 g/mol. The van der Waals surface area contributed by atoms with Crippen molar-refractivity contribution >= 4 is 45.5 Å². The Hall–Kier alpha value is -4.16. The van der Waals surface area contributed by atoms with Crippen LogP contribution in [0.2, 0.25) is 0 Å². The molecule has 1 aliphatic rings. The molecular formula is C24H20F4N6O4S. The van der Waals surface area contributed by atoms with Gasteiger partial charge in [-0.2, -0.15) is 28.4 Å². The molecule has 204 valence electrons. The monoisotopic (exact) mass is 564 g/mol. The van der Waals surface area contributed by atoms with E-state index in [0.29, 0.717) is 6.07 Å². The van der Waals surface area contributed by atoms with E-state index in [0.717, 1.165) is 17.2 Å². The smallest absolute Gasteiger partial charge is 0.419 e. The molecule has 0 radical (unpaired) electrons. The van der Waals surface area contributed by atoms with Crippen molar-refractivity contribution in [1.29, 1.82) is 5.26 Å². The number of thiocarbonyl (C=S) groups is 1. The van der Waals surface area contributed by atoms with Crippen molar-refractivity contribution in [3.63, 3.8) is 0 Å². The Bertz CT molecular complexity index is 1530. The number of fused-ring (bicyclic) bond motifs is 1. The van der Waals surface area contributed by atoms with Crippen LogP contribution >= 0.6 is 12.2 Å². The molecule has 10 nitrogen and oxygen atoms in total. The lowest BCUT2D eigenvalue weighted by molar-refractivity contribution is -0.138. The molecule has 39 heavy (non-hydrogen) atoms. The first-order valence-corrected chi connectivity index (χ1v) is 11.8. The lowest BCUT2D eigenvalue weighted by atomic mass is 10.0. The van der Waals surface area contributed by atoms with Gasteiger partial charge in [0.05, 0.1) is 36.0 Å². The number of amides is 1. The molecule has 2 aromatic heterocycles. The lowest BCUT2D eigenvalue weighted by Crippen LogP contribution is -2.44. The number of benzene rings is 1. The summed E-state index contributed by atoms with van der Waals surface area (Å²) in [7, 11) is 0. The van der Waals surface area contributed by atoms with Crippen LogP contribution in [0.4, 0.5) is 28.9 Å². The number of anilines is 2. The van der Waals surface area contributed by atoms with E-state index in [9.17, 15) is 23.1 Å². The van der Waals surface area contributed by atoms with E-state index >= 15 is 4.39 Å². The molecule has 3 heterocycles. The van der Waals surface area contributed by atoms with Gasteiger partial charge < -0.3 is 19.5 Å². The standard InChI is InChI=1S/C24H20F4N6O4S/c1-4-37-21-31-18-14(19(32-21)38-6-5-35)7-12(9-16(18)25)34-22(39)33(20(36)23(34,2)3)13-8-15(24(26,27)28)17(10-29)30-11-13/h7-9,11,35H,4-6H2,1-3H3. The average Bonchev–Trinajstić information content (AvgIpc) is 3.05. The molecular weight excluding hydrogens is 544 g/mol. The second-order valence-corrected chi connectivity index (χ2v) is 9.02.